The standard InChI is InChI=1S/C16H13FN2OS/c1-10-8-11(2-7-14(10)17)15-9-21-16(19-15)18-12-3-5-13(20)6-4-12/h2-9,20H,1H3,(H,18,19). The minimum absolute atomic E-state index is 0.212. The zero-order valence-corrected chi connectivity index (χ0v) is 12.1. The predicted octanol–water partition coefficient (Wildman–Crippen LogP) is 4.71. The lowest BCUT2D eigenvalue weighted by atomic mass is 10.1. The summed E-state index contributed by atoms with van der Waals surface area (Å²) in [6, 6.07) is 11.7. The molecule has 106 valence electrons. The lowest BCUT2D eigenvalue weighted by Gasteiger charge is -2.02. The molecule has 1 heterocycles. The third-order valence-corrected chi connectivity index (χ3v) is 3.83. The summed E-state index contributed by atoms with van der Waals surface area (Å²) in [5.74, 6) is 0.0126. The Morgan fingerprint density at radius 1 is 1.14 bits per heavy atom. The van der Waals surface area contributed by atoms with E-state index in [0.717, 1.165) is 22.1 Å². The number of nitrogens with one attached hydrogen (secondary N) is 1. The van der Waals surface area contributed by atoms with Gasteiger partial charge in [-0.25, -0.2) is 9.37 Å². The molecular formula is C16H13FN2OS. The molecule has 0 atom stereocenters. The summed E-state index contributed by atoms with van der Waals surface area (Å²) in [4.78, 5) is 4.49. The number of halogens is 1. The topological polar surface area (TPSA) is 45.1 Å². The van der Waals surface area contributed by atoms with Crippen molar-refractivity contribution in [2.45, 2.75) is 6.92 Å². The number of phenolic OH excluding ortho intramolecular Hbond substituents is 1. The van der Waals surface area contributed by atoms with E-state index in [-0.39, 0.29) is 11.6 Å². The first-order valence-corrected chi connectivity index (χ1v) is 7.28. The second kappa shape index (κ2) is 5.54. The van der Waals surface area contributed by atoms with E-state index in [4.69, 9.17) is 0 Å². The fraction of sp³-hybridized carbons (Fsp3) is 0.0625. The van der Waals surface area contributed by atoms with Crippen molar-refractivity contribution in [1.82, 2.24) is 4.98 Å². The molecule has 3 nitrogen and oxygen atoms in total. The first kappa shape index (κ1) is 13.6. The van der Waals surface area contributed by atoms with Gasteiger partial charge in [0.05, 0.1) is 5.69 Å². The Balaban J connectivity index is 1.82. The number of aromatic hydroxyl groups is 1. The fourth-order valence-corrected chi connectivity index (χ4v) is 2.68. The number of nitrogens with zero attached hydrogens (tertiary/aromatic N) is 1. The van der Waals surface area contributed by atoms with Gasteiger partial charge in [0.1, 0.15) is 11.6 Å². The minimum atomic E-state index is -0.212. The first-order valence-electron chi connectivity index (χ1n) is 6.40. The van der Waals surface area contributed by atoms with Crippen LogP contribution in [0.25, 0.3) is 11.3 Å². The van der Waals surface area contributed by atoms with Gasteiger partial charge in [0.2, 0.25) is 0 Å². The molecule has 2 aromatic carbocycles. The van der Waals surface area contributed by atoms with Gasteiger partial charge in [-0.1, -0.05) is 0 Å². The van der Waals surface area contributed by atoms with Gasteiger partial charge in [0, 0.05) is 16.6 Å². The molecule has 21 heavy (non-hydrogen) atoms. The number of anilines is 2. The van der Waals surface area contributed by atoms with Crippen LogP contribution in [0.15, 0.2) is 47.8 Å². The summed E-state index contributed by atoms with van der Waals surface area (Å²) in [7, 11) is 0. The van der Waals surface area contributed by atoms with Crippen LogP contribution < -0.4 is 5.32 Å². The summed E-state index contributed by atoms with van der Waals surface area (Å²) in [5, 5.41) is 15.1. The molecule has 0 saturated heterocycles. The summed E-state index contributed by atoms with van der Waals surface area (Å²) in [6.45, 7) is 1.74. The van der Waals surface area contributed by atoms with Gasteiger partial charge in [-0.2, -0.15) is 0 Å². The molecule has 0 radical (unpaired) electrons. The Morgan fingerprint density at radius 2 is 1.90 bits per heavy atom. The molecule has 0 aliphatic heterocycles. The van der Waals surface area contributed by atoms with Crippen LogP contribution in [0.2, 0.25) is 0 Å². The van der Waals surface area contributed by atoms with Crippen molar-refractivity contribution in [3.05, 3.63) is 59.2 Å². The first-order chi connectivity index (χ1) is 10.1. The Morgan fingerprint density at radius 3 is 2.62 bits per heavy atom. The van der Waals surface area contributed by atoms with Crippen molar-refractivity contribution >= 4 is 22.2 Å². The highest BCUT2D eigenvalue weighted by atomic mass is 32.1. The van der Waals surface area contributed by atoms with Gasteiger partial charge < -0.3 is 10.4 Å². The average molecular weight is 300 g/mol. The maximum absolute atomic E-state index is 13.3. The number of benzene rings is 2. The molecule has 0 unspecified atom stereocenters. The van der Waals surface area contributed by atoms with E-state index in [1.165, 1.54) is 17.4 Å². The van der Waals surface area contributed by atoms with Crippen molar-refractivity contribution in [2.75, 3.05) is 5.32 Å². The summed E-state index contributed by atoms with van der Waals surface area (Å²) >= 11 is 1.47. The van der Waals surface area contributed by atoms with Crippen molar-refractivity contribution in [3.8, 4) is 17.0 Å². The molecule has 2 N–H and O–H groups in total. The number of hydrogen-bond donors (Lipinski definition) is 2. The lowest BCUT2D eigenvalue weighted by Crippen LogP contribution is -1.89. The summed E-state index contributed by atoms with van der Waals surface area (Å²) in [6.07, 6.45) is 0. The smallest absolute Gasteiger partial charge is 0.187 e. The zero-order valence-electron chi connectivity index (χ0n) is 11.3. The highest BCUT2D eigenvalue weighted by Gasteiger charge is 2.07. The van der Waals surface area contributed by atoms with Crippen molar-refractivity contribution in [2.24, 2.45) is 0 Å². The highest BCUT2D eigenvalue weighted by Crippen LogP contribution is 2.28. The maximum Gasteiger partial charge on any atom is 0.187 e. The van der Waals surface area contributed by atoms with Gasteiger partial charge in [-0.15, -0.1) is 11.3 Å². The van der Waals surface area contributed by atoms with E-state index in [2.05, 4.69) is 10.3 Å². The molecule has 0 saturated carbocycles. The van der Waals surface area contributed by atoms with Crippen molar-refractivity contribution in [1.29, 1.82) is 0 Å². The average Bonchev–Trinajstić information content (AvgIpc) is 2.93. The van der Waals surface area contributed by atoms with Crippen LogP contribution in [0.3, 0.4) is 0 Å². The number of aryl methyl sites for hydroxylation is 1. The minimum Gasteiger partial charge on any atom is -0.508 e. The van der Waals surface area contributed by atoms with E-state index in [1.807, 2.05) is 5.38 Å². The van der Waals surface area contributed by atoms with Gasteiger partial charge in [-0.3, -0.25) is 0 Å². The van der Waals surface area contributed by atoms with Crippen LogP contribution in [-0.2, 0) is 0 Å². The molecule has 3 aromatic rings. The number of phenols is 1. The maximum atomic E-state index is 13.3. The molecule has 3 rings (SSSR count). The van der Waals surface area contributed by atoms with E-state index >= 15 is 0 Å². The van der Waals surface area contributed by atoms with Crippen LogP contribution >= 0.6 is 11.3 Å². The SMILES string of the molecule is Cc1cc(-c2csc(Nc3ccc(O)cc3)n2)ccc1F. The number of thiazole rings is 1. The van der Waals surface area contributed by atoms with Crippen LogP contribution in [0.1, 0.15) is 5.56 Å². The summed E-state index contributed by atoms with van der Waals surface area (Å²) in [5.41, 5.74) is 3.16. The van der Waals surface area contributed by atoms with Crippen molar-refractivity contribution < 1.29 is 9.50 Å². The Labute approximate surface area is 125 Å². The zero-order chi connectivity index (χ0) is 14.8. The lowest BCUT2D eigenvalue weighted by molar-refractivity contribution is 0.475. The van der Waals surface area contributed by atoms with E-state index in [0.29, 0.717) is 5.56 Å². The normalized spacial score (nSPS) is 10.6. The van der Waals surface area contributed by atoms with Gasteiger partial charge in [-0.05, 0) is 55.0 Å². The highest BCUT2D eigenvalue weighted by molar-refractivity contribution is 7.14. The van der Waals surface area contributed by atoms with Crippen LogP contribution in [0, 0.1) is 12.7 Å². The molecule has 0 bridgehead atoms. The second-order valence-corrected chi connectivity index (χ2v) is 5.53. The van der Waals surface area contributed by atoms with Crippen molar-refractivity contribution in [3.63, 3.8) is 0 Å². The third-order valence-electron chi connectivity index (χ3n) is 3.08. The summed E-state index contributed by atoms with van der Waals surface area (Å²) < 4.78 is 13.3. The molecule has 0 spiro atoms. The molecule has 0 aliphatic carbocycles. The molecule has 1 aromatic heterocycles. The quantitative estimate of drug-likeness (QED) is 0.689. The third kappa shape index (κ3) is 3.03. The predicted molar refractivity (Wildman–Crippen MR) is 83.6 cm³/mol. The largest absolute Gasteiger partial charge is 0.508 e. The van der Waals surface area contributed by atoms with Crippen LogP contribution in [0.4, 0.5) is 15.2 Å². The second-order valence-electron chi connectivity index (χ2n) is 4.67. The van der Waals surface area contributed by atoms with Crippen LogP contribution in [0.5, 0.6) is 5.75 Å². The van der Waals surface area contributed by atoms with E-state index in [9.17, 15) is 9.50 Å². The monoisotopic (exact) mass is 300 g/mol. The molecular weight excluding hydrogens is 287 g/mol. The number of rotatable bonds is 3. The molecule has 0 fully saturated rings. The van der Waals surface area contributed by atoms with Crippen LogP contribution in [-0.4, -0.2) is 10.1 Å². The molecule has 0 amide bonds. The molecule has 5 heteroatoms. The Hall–Kier alpha value is -2.40. The Bertz CT molecular complexity index is 768. The molecule has 0 aliphatic rings. The number of hydrogen-bond acceptors (Lipinski definition) is 4. The number of aromatic nitrogens is 1. The van der Waals surface area contributed by atoms with E-state index < -0.39 is 0 Å². The van der Waals surface area contributed by atoms with Gasteiger partial charge in [0.15, 0.2) is 5.13 Å². The fourth-order valence-electron chi connectivity index (χ4n) is 1.94. The van der Waals surface area contributed by atoms with E-state index in [1.54, 1.807) is 43.3 Å². The van der Waals surface area contributed by atoms with Gasteiger partial charge in [0.25, 0.3) is 0 Å². The Kier molecular flexibility index (Phi) is 3.58. The van der Waals surface area contributed by atoms with Gasteiger partial charge >= 0.3 is 0 Å².